The average Bonchev–Trinajstić information content (AvgIpc) is 2.72. The summed E-state index contributed by atoms with van der Waals surface area (Å²) in [6.07, 6.45) is 4.02. The van der Waals surface area contributed by atoms with Gasteiger partial charge in [-0.25, -0.2) is 0 Å². The quantitative estimate of drug-likeness (QED) is 0.864. The molecule has 0 saturated heterocycles. The Kier molecular flexibility index (Phi) is 3.37. The van der Waals surface area contributed by atoms with Gasteiger partial charge in [0.25, 0.3) is 0 Å². The highest BCUT2D eigenvalue weighted by molar-refractivity contribution is 7.17. The summed E-state index contributed by atoms with van der Waals surface area (Å²) in [4.78, 5) is 10.7. The van der Waals surface area contributed by atoms with Crippen molar-refractivity contribution in [1.29, 1.82) is 0 Å². The van der Waals surface area contributed by atoms with Gasteiger partial charge < -0.3 is 5.32 Å². The van der Waals surface area contributed by atoms with Crippen molar-refractivity contribution in [3.63, 3.8) is 0 Å². The van der Waals surface area contributed by atoms with Crippen molar-refractivity contribution in [3.05, 3.63) is 41.3 Å². The molecule has 0 aliphatic rings. The van der Waals surface area contributed by atoms with Crippen LogP contribution >= 0.6 is 11.3 Å². The molecule has 0 bridgehead atoms. The number of amides is 1. The summed E-state index contributed by atoms with van der Waals surface area (Å²) in [6.45, 7) is 2.10. The Balaban J connectivity index is 2.14. The standard InChI is InChI=1S/C13H13NOS/c1-10(15)14-8-3-6-11-4-2-5-12-7-9-16-13(11)12/h2-7,9H,8H2,1H3,(H,14,15). The summed E-state index contributed by atoms with van der Waals surface area (Å²) in [6, 6.07) is 8.36. The zero-order valence-corrected chi connectivity index (χ0v) is 9.88. The van der Waals surface area contributed by atoms with Gasteiger partial charge in [-0.15, -0.1) is 11.3 Å². The second-order valence-electron chi connectivity index (χ2n) is 3.53. The van der Waals surface area contributed by atoms with Gasteiger partial charge in [-0.1, -0.05) is 30.4 Å². The highest BCUT2D eigenvalue weighted by Crippen LogP contribution is 2.25. The molecule has 0 fully saturated rings. The lowest BCUT2D eigenvalue weighted by Crippen LogP contribution is -2.19. The van der Waals surface area contributed by atoms with Gasteiger partial charge in [0, 0.05) is 18.2 Å². The maximum Gasteiger partial charge on any atom is 0.217 e. The Labute approximate surface area is 98.6 Å². The maximum absolute atomic E-state index is 10.7. The molecule has 3 heteroatoms. The third kappa shape index (κ3) is 2.49. The molecule has 0 spiro atoms. The van der Waals surface area contributed by atoms with E-state index in [1.54, 1.807) is 11.3 Å². The van der Waals surface area contributed by atoms with Crippen LogP contribution in [0.1, 0.15) is 12.5 Å². The van der Waals surface area contributed by atoms with Crippen molar-refractivity contribution in [3.8, 4) is 0 Å². The molecule has 1 amide bonds. The van der Waals surface area contributed by atoms with Gasteiger partial charge in [0.15, 0.2) is 0 Å². The van der Waals surface area contributed by atoms with E-state index in [0.717, 1.165) is 0 Å². The number of benzene rings is 1. The second kappa shape index (κ2) is 4.94. The summed E-state index contributed by atoms with van der Waals surface area (Å²) in [5, 5.41) is 6.10. The van der Waals surface area contributed by atoms with E-state index in [0.29, 0.717) is 6.54 Å². The van der Waals surface area contributed by atoms with Gasteiger partial charge in [0.2, 0.25) is 5.91 Å². The minimum atomic E-state index is -0.000942. The summed E-state index contributed by atoms with van der Waals surface area (Å²) >= 11 is 1.74. The van der Waals surface area contributed by atoms with Crippen molar-refractivity contribution < 1.29 is 4.79 Å². The SMILES string of the molecule is CC(=O)NCC=Cc1cccc2ccsc12. The first kappa shape index (κ1) is 10.9. The predicted molar refractivity (Wildman–Crippen MR) is 69.5 cm³/mol. The van der Waals surface area contributed by atoms with Crippen molar-refractivity contribution in [2.24, 2.45) is 0 Å². The lowest BCUT2D eigenvalue weighted by atomic mass is 10.1. The Bertz CT molecular complexity index is 527. The summed E-state index contributed by atoms with van der Waals surface area (Å²) in [5.41, 5.74) is 1.21. The molecule has 2 rings (SSSR count). The van der Waals surface area contributed by atoms with Gasteiger partial charge in [-0.3, -0.25) is 4.79 Å². The van der Waals surface area contributed by atoms with Crippen LogP contribution < -0.4 is 5.32 Å². The molecule has 2 aromatic rings. The molecule has 82 valence electrons. The molecule has 1 N–H and O–H groups in total. The molecule has 1 aromatic carbocycles. The van der Waals surface area contributed by atoms with Crippen LogP contribution in [0.2, 0.25) is 0 Å². The highest BCUT2D eigenvalue weighted by Gasteiger charge is 1.97. The maximum atomic E-state index is 10.7. The summed E-state index contributed by atoms with van der Waals surface area (Å²) < 4.78 is 1.29. The van der Waals surface area contributed by atoms with E-state index < -0.39 is 0 Å². The van der Waals surface area contributed by atoms with Crippen LogP contribution in [0.25, 0.3) is 16.2 Å². The number of fused-ring (bicyclic) bond motifs is 1. The number of carbonyl (C=O) groups excluding carboxylic acids is 1. The van der Waals surface area contributed by atoms with Crippen molar-refractivity contribution in [1.82, 2.24) is 5.32 Å². The van der Waals surface area contributed by atoms with E-state index >= 15 is 0 Å². The molecule has 1 heterocycles. The van der Waals surface area contributed by atoms with Gasteiger partial charge >= 0.3 is 0 Å². The molecule has 2 nitrogen and oxygen atoms in total. The van der Waals surface area contributed by atoms with Crippen LogP contribution in [-0.4, -0.2) is 12.5 Å². The number of thiophene rings is 1. The monoisotopic (exact) mass is 231 g/mol. The third-order valence-electron chi connectivity index (χ3n) is 2.28. The van der Waals surface area contributed by atoms with E-state index in [-0.39, 0.29) is 5.91 Å². The number of rotatable bonds is 3. The van der Waals surface area contributed by atoms with Gasteiger partial charge in [-0.05, 0) is 22.4 Å². The molecule has 1 aromatic heterocycles. The number of nitrogens with one attached hydrogen (secondary N) is 1. The Morgan fingerprint density at radius 1 is 1.44 bits per heavy atom. The van der Waals surface area contributed by atoms with Crippen molar-refractivity contribution in [2.75, 3.05) is 6.54 Å². The lowest BCUT2D eigenvalue weighted by molar-refractivity contribution is -0.118. The summed E-state index contributed by atoms with van der Waals surface area (Å²) in [5.74, 6) is -0.000942. The molecule has 0 unspecified atom stereocenters. The topological polar surface area (TPSA) is 29.1 Å². The third-order valence-corrected chi connectivity index (χ3v) is 3.25. The predicted octanol–water partition coefficient (Wildman–Crippen LogP) is 3.05. The number of hydrogen-bond acceptors (Lipinski definition) is 2. The molecule has 0 saturated carbocycles. The zero-order chi connectivity index (χ0) is 11.4. The molecule has 0 atom stereocenters. The van der Waals surface area contributed by atoms with Gasteiger partial charge in [0.1, 0.15) is 0 Å². The van der Waals surface area contributed by atoms with Crippen LogP contribution in [0, 0.1) is 0 Å². The fraction of sp³-hybridized carbons (Fsp3) is 0.154. The minimum Gasteiger partial charge on any atom is -0.353 e. The molecule has 0 aliphatic carbocycles. The largest absolute Gasteiger partial charge is 0.353 e. The van der Waals surface area contributed by atoms with E-state index in [1.807, 2.05) is 12.1 Å². The molecule has 0 aliphatic heterocycles. The number of hydrogen-bond donors (Lipinski definition) is 1. The van der Waals surface area contributed by atoms with Crippen LogP contribution in [-0.2, 0) is 4.79 Å². The first-order valence-electron chi connectivity index (χ1n) is 5.14. The minimum absolute atomic E-state index is 0.000942. The molecule has 16 heavy (non-hydrogen) atoms. The molecule has 0 radical (unpaired) electrons. The molecular formula is C13H13NOS. The van der Waals surface area contributed by atoms with Crippen LogP contribution in [0.3, 0.4) is 0 Å². The van der Waals surface area contributed by atoms with Crippen LogP contribution in [0.4, 0.5) is 0 Å². The molecular weight excluding hydrogens is 218 g/mol. The van der Waals surface area contributed by atoms with Crippen molar-refractivity contribution in [2.45, 2.75) is 6.92 Å². The fourth-order valence-corrected chi connectivity index (χ4v) is 2.43. The van der Waals surface area contributed by atoms with Gasteiger partial charge in [0.05, 0.1) is 0 Å². The average molecular weight is 231 g/mol. The smallest absolute Gasteiger partial charge is 0.217 e. The Hall–Kier alpha value is -1.61. The van der Waals surface area contributed by atoms with E-state index in [4.69, 9.17) is 0 Å². The van der Waals surface area contributed by atoms with Crippen molar-refractivity contribution >= 4 is 33.4 Å². The normalized spacial score (nSPS) is 11.1. The van der Waals surface area contributed by atoms with E-state index in [2.05, 4.69) is 35.0 Å². The van der Waals surface area contributed by atoms with Gasteiger partial charge in [-0.2, -0.15) is 0 Å². The summed E-state index contributed by atoms with van der Waals surface area (Å²) in [7, 11) is 0. The highest BCUT2D eigenvalue weighted by atomic mass is 32.1. The Morgan fingerprint density at radius 3 is 3.12 bits per heavy atom. The Morgan fingerprint density at radius 2 is 2.31 bits per heavy atom. The fourth-order valence-electron chi connectivity index (χ4n) is 1.54. The van der Waals surface area contributed by atoms with Crippen LogP contribution in [0.5, 0.6) is 0 Å². The van der Waals surface area contributed by atoms with Crippen LogP contribution in [0.15, 0.2) is 35.7 Å². The lowest BCUT2D eigenvalue weighted by Gasteiger charge is -1.97. The number of carbonyl (C=O) groups is 1. The van der Waals surface area contributed by atoms with E-state index in [1.165, 1.54) is 22.6 Å². The van der Waals surface area contributed by atoms with E-state index in [9.17, 15) is 4.79 Å². The zero-order valence-electron chi connectivity index (χ0n) is 9.07. The first-order chi connectivity index (χ1) is 7.77. The second-order valence-corrected chi connectivity index (χ2v) is 4.44. The first-order valence-corrected chi connectivity index (χ1v) is 6.02.